The third-order valence-corrected chi connectivity index (χ3v) is 20.7. The number of aliphatic hydroxyl groups excluding tert-OH is 1. The Labute approximate surface area is 636 Å². The molecule has 0 aliphatic carbocycles. The lowest BCUT2D eigenvalue weighted by Gasteiger charge is -2.21. The summed E-state index contributed by atoms with van der Waals surface area (Å²) in [5.74, 6) is -2.16. The highest BCUT2D eigenvalue weighted by Crippen LogP contribution is 2.45. The van der Waals surface area contributed by atoms with Gasteiger partial charge in [-0.3, -0.25) is 37.3 Å². The van der Waals surface area contributed by atoms with Crippen LogP contribution >= 0.6 is 15.6 Å². The maximum Gasteiger partial charge on any atom is 0.472 e. The van der Waals surface area contributed by atoms with Gasteiger partial charge in [0.15, 0.2) is 12.2 Å². The van der Waals surface area contributed by atoms with Crippen molar-refractivity contribution in [3.05, 3.63) is 48.6 Å². The topological polar surface area (TPSA) is 237 Å². The molecule has 0 heterocycles. The molecule has 0 aromatic heterocycles. The summed E-state index contributed by atoms with van der Waals surface area (Å²) in [6, 6.07) is 0. The number of carbonyl (C=O) groups is 4. The second-order valence-electron chi connectivity index (χ2n) is 29.1. The minimum atomic E-state index is -4.98. The third-order valence-electron chi connectivity index (χ3n) is 18.8. The van der Waals surface area contributed by atoms with Gasteiger partial charge < -0.3 is 33.8 Å². The molecule has 104 heavy (non-hydrogen) atoms. The highest BCUT2D eigenvalue weighted by molar-refractivity contribution is 7.47. The number of allylic oxidation sites excluding steroid dienone is 8. The predicted octanol–water partition coefficient (Wildman–Crippen LogP) is 25.2. The first-order valence-electron chi connectivity index (χ1n) is 42.9. The largest absolute Gasteiger partial charge is 0.472 e. The molecule has 19 heteroatoms. The molecule has 0 amide bonds. The minimum Gasteiger partial charge on any atom is -0.462 e. The van der Waals surface area contributed by atoms with Gasteiger partial charge in [0, 0.05) is 25.7 Å². The van der Waals surface area contributed by atoms with Crippen LogP contribution in [0.5, 0.6) is 0 Å². The van der Waals surface area contributed by atoms with Gasteiger partial charge in [-0.1, -0.05) is 346 Å². The van der Waals surface area contributed by atoms with Crippen LogP contribution in [0.4, 0.5) is 0 Å². The van der Waals surface area contributed by atoms with E-state index in [2.05, 4.69) is 76.3 Å². The van der Waals surface area contributed by atoms with Crippen molar-refractivity contribution < 1.29 is 80.2 Å². The first-order valence-corrected chi connectivity index (χ1v) is 45.9. The van der Waals surface area contributed by atoms with Gasteiger partial charge in [-0.05, 0) is 89.9 Å². The molecule has 0 saturated heterocycles. The van der Waals surface area contributed by atoms with E-state index in [0.717, 1.165) is 135 Å². The van der Waals surface area contributed by atoms with Crippen molar-refractivity contribution in [1.82, 2.24) is 0 Å². The molecule has 17 nitrogen and oxygen atoms in total. The van der Waals surface area contributed by atoms with Crippen LogP contribution in [-0.2, 0) is 65.4 Å². The lowest BCUT2D eigenvalue weighted by Crippen LogP contribution is -2.30. The zero-order valence-electron chi connectivity index (χ0n) is 67.0. The molecule has 0 radical (unpaired) electrons. The summed E-state index contributed by atoms with van der Waals surface area (Å²) in [5, 5.41) is 10.7. The van der Waals surface area contributed by atoms with Gasteiger partial charge in [-0.2, -0.15) is 0 Å². The zero-order chi connectivity index (χ0) is 76.0. The van der Waals surface area contributed by atoms with Crippen molar-refractivity contribution in [2.24, 2.45) is 0 Å². The molecule has 0 bridgehead atoms. The molecule has 0 aliphatic rings. The van der Waals surface area contributed by atoms with Crippen LogP contribution in [0.1, 0.15) is 413 Å². The molecule has 5 atom stereocenters. The third kappa shape index (κ3) is 77.2. The van der Waals surface area contributed by atoms with Crippen LogP contribution in [0.25, 0.3) is 0 Å². The Hall–Kier alpha value is -2.98. The number of phosphoric acid groups is 2. The summed E-state index contributed by atoms with van der Waals surface area (Å²) in [6.45, 7) is 4.92. The molecule has 0 spiro atoms. The number of hydrogen-bond donors (Lipinski definition) is 3. The van der Waals surface area contributed by atoms with E-state index in [1.807, 2.05) is 0 Å². The Morgan fingerprint density at radius 2 is 0.471 bits per heavy atom. The average Bonchev–Trinajstić information content (AvgIpc) is 0.926. The number of aliphatic hydroxyl groups is 1. The first-order chi connectivity index (χ1) is 50.7. The second kappa shape index (κ2) is 78.2. The summed E-state index contributed by atoms with van der Waals surface area (Å²) >= 11 is 0. The van der Waals surface area contributed by atoms with Crippen LogP contribution in [0.2, 0.25) is 0 Å². The van der Waals surface area contributed by atoms with Gasteiger partial charge in [0.25, 0.3) is 0 Å². The van der Waals surface area contributed by atoms with E-state index in [4.69, 9.17) is 37.0 Å². The quantitative estimate of drug-likeness (QED) is 0.0169. The van der Waals surface area contributed by atoms with Crippen LogP contribution in [0.3, 0.4) is 0 Å². The summed E-state index contributed by atoms with van der Waals surface area (Å²) < 4.78 is 68.8. The standard InChI is InChI=1S/C85H158O17P2/c1-5-9-13-17-21-25-29-33-37-39-43-46-50-54-58-62-66-70-83(88)96-76-81(102-85(90)72-68-64-60-56-52-48-44-40-38-34-30-26-22-18-14-10-6-2)78-100-104(93,94)98-74-79(86)73-97-103(91,92)99-77-80(101-84(89)71-67-63-59-55-51-47-42-36-32-28-24-20-16-12-8-4)75-95-82(87)69-65-61-57-53-49-45-41-35-31-27-23-19-15-11-7-3/h23-24,27-28,35-36,41-42,79-81,86H,5-22,25-26,29-34,37-40,43-78H2,1-4H3,(H,91,92)(H,93,94)/b27-23-,28-24-,41-35-,42-36-/t79-,80-,81-/m1/s1. The van der Waals surface area contributed by atoms with Crippen LogP contribution in [0.15, 0.2) is 48.6 Å². The van der Waals surface area contributed by atoms with E-state index in [0.29, 0.717) is 25.7 Å². The Morgan fingerprint density at radius 3 is 0.731 bits per heavy atom. The molecule has 0 aromatic carbocycles. The van der Waals surface area contributed by atoms with Gasteiger partial charge in [0.05, 0.1) is 26.4 Å². The van der Waals surface area contributed by atoms with Crippen LogP contribution < -0.4 is 0 Å². The van der Waals surface area contributed by atoms with Crippen molar-refractivity contribution in [1.29, 1.82) is 0 Å². The number of esters is 4. The number of unbranched alkanes of at least 4 members (excludes halogenated alkanes) is 48. The highest BCUT2D eigenvalue weighted by atomic mass is 31.2. The van der Waals surface area contributed by atoms with Crippen molar-refractivity contribution in [3.8, 4) is 0 Å². The summed E-state index contributed by atoms with van der Waals surface area (Å²) in [6.07, 6.45) is 77.8. The van der Waals surface area contributed by atoms with Crippen molar-refractivity contribution in [3.63, 3.8) is 0 Å². The Kier molecular flexibility index (Phi) is 75.9. The molecular weight excluding hydrogens is 1350 g/mol. The predicted molar refractivity (Wildman–Crippen MR) is 427 cm³/mol. The Morgan fingerprint density at radius 1 is 0.269 bits per heavy atom. The van der Waals surface area contributed by atoms with Crippen molar-refractivity contribution >= 4 is 39.5 Å². The summed E-state index contributed by atoms with van der Waals surface area (Å²) in [5.41, 5.74) is 0. The van der Waals surface area contributed by atoms with E-state index >= 15 is 0 Å². The normalized spacial score (nSPS) is 14.0. The molecule has 0 rings (SSSR count). The fourth-order valence-corrected chi connectivity index (χ4v) is 13.8. The first kappa shape index (κ1) is 101. The Balaban J connectivity index is 5.33. The van der Waals surface area contributed by atoms with E-state index in [1.54, 1.807) is 0 Å². The maximum atomic E-state index is 13.1. The molecule has 0 saturated carbocycles. The maximum absolute atomic E-state index is 13.1. The van der Waals surface area contributed by atoms with Crippen LogP contribution in [0, 0.1) is 0 Å². The lowest BCUT2D eigenvalue weighted by molar-refractivity contribution is -0.161. The van der Waals surface area contributed by atoms with Crippen molar-refractivity contribution in [2.75, 3.05) is 39.6 Å². The molecule has 610 valence electrons. The fourth-order valence-electron chi connectivity index (χ4n) is 12.2. The number of carbonyl (C=O) groups excluding carboxylic acids is 4. The van der Waals surface area contributed by atoms with Gasteiger partial charge in [-0.15, -0.1) is 0 Å². The summed E-state index contributed by atoms with van der Waals surface area (Å²) in [7, 11) is -9.95. The molecule has 3 N–H and O–H groups in total. The monoisotopic (exact) mass is 1510 g/mol. The second-order valence-corrected chi connectivity index (χ2v) is 32.0. The number of phosphoric ester groups is 2. The molecule has 0 aliphatic heterocycles. The lowest BCUT2D eigenvalue weighted by atomic mass is 10.0. The zero-order valence-corrected chi connectivity index (χ0v) is 68.8. The highest BCUT2D eigenvalue weighted by Gasteiger charge is 2.30. The van der Waals surface area contributed by atoms with Crippen molar-refractivity contribution in [2.45, 2.75) is 431 Å². The molecular formula is C85H158O17P2. The average molecular weight is 1510 g/mol. The minimum absolute atomic E-state index is 0.0807. The number of hydrogen-bond acceptors (Lipinski definition) is 15. The van der Waals surface area contributed by atoms with E-state index < -0.39 is 97.5 Å². The van der Waals surface area contributed by atoms with Crippen LogP contribution in [-0.4, -0.2) is 96.7 Å². The van der Waals surface area contributed by atoms with Gasteiger partial charge in [0.1, 0.15) is 19.3 Å². The smallest absolute Gasteiger partial charge is 0.462 e. The van der Waals surface area contributed by atoms with Gasteiger partial charge in [-0.25, -0.2) is 9.13 Å². The van der Waals surface area contributed by atoms with E-state index in [-0.39, 0.29) is 25.7 Å². The summed E-state index contributed by atoms with van der Waals surface area (Å²) in [4.78, 5) is 73.2. The Bertz CT molecular complexity index is 2150. The molecule has 2 unspecified atom stereocenters. The number of ether oxygens (including phenoxy) is 4. The molecule has 0 aromatic rings. The number of rotatable bonds is 82. The van der Waals surface area contributed by atoms with E-state index in [1.165, 1.54) is 199 Å². The molecule has 0 fully saturated rings. The SMILES string of the molecule is CCCCC/C=C\C/C=C\CCCCCCCC(=O)OC[C@H](COP(=O)(O)OC[C@@H](O)COP(=O)(O)OC[C@@H](COC(=O)CCCCCCCCCCCCCCCCCCC)OC(=O)CCCCCCCCCCCCCCCCCCC)OC(=O)CCCCCCC/C=C\C/C=C\CCCCC. The van der Waals surface area contributed by atoms with Gasteiger partial charge >= 0.3 is 39.5 Å². The van der Waals surface area contributed by atoms with E-state index in [9.17, 15) is 43.2 Å². The fraction of sp³-hybridized carbons (Fsp3) is 0.859. The van der Waals surface area contributed by atoms with Gasteiger partial charge in [0.2, 0.25) is 0 Å².